The maximum atomic E-state index is 12.6. The Hall–Kier alpha value is -1.94. The molecule has 1 fully saturated rings. The van der Waals surface area contributed by atoms with Crippen molar-refractivity contribution in [3.8, 4) is 0 Å². The Morgan fingerprint density at radius 2 is 1.92 bits per heavy atom. The minimum atomic E-state index is -3.08. The Labute approximate surface area is 139 Å². The molecule has 0 spiro atoms. The van der Waals surface area contributed by atoms with Crippen LogP contribution in [0.2, 0.25) is 0 Å². The van der Waals surface area contributed by atoms with Crippen molar-refractivity contribution in [3.05, 3.63) is 26.4 Å². The quantitative estimate of drug-likeness (QED) is 0.626. The van der Waals surface area contributed by atoms with Gasteiger partial charge in [0.05, 0.1) is 18.1 Å². The Balaban J connectivity index is 2.33. The lowest BCUT2D eigenvalue weighted by molar-refractivity contribution is 0.0905. The van der Waals surface area contributed by atoms with Crippen LogP contribution in [0.5, 0.6) is 0 Å². The summed E-state index contributed by atoms with van der Waals surface area (Å²) in [5, 5.41) is 0. The summed E-state index contributed by atoms with van der Waals surface area (Å²) in [5.74, 6) is -0.584. The molecule has 0 unspecified atom stereocenters. The van der Waals surface area contributed by atoms with Gasteiger partial charge in [-0.15, -0.1) is 0 Å². The van der Waals surface area contributed by atoms with Crippen LogP contribution in [0, 0.1) is 0 Å². The van der Waals surface area contributed by atoms with Crippen LogP contribution < -0.4 is 17.0 Å². The number of anilines is 1. The number of hydrogen-bond acceptors (Lipinski definition) is 7. The number of rotatable bonds is 5. The van der Waals surface area contributed by atoms with Crippen LogP contribution in [0.25, 0.3) is 0 Å². The number of nitrogens with two attached hydrogens (primary N) is 1. The van der Waals surface area contributed by atoms with E-state index in [4.69, 9.17) is 5.73 Å². The number of likely N-dealkylation sites (N-methyl/N-ethyl adjacent to an activating group) is 1. The molecule has 0 aromatic carbocycles. The number of ketones is 1. The first kappa shape index (κ1) is 18.4. The van der Waals surface area contributed by atoms with E-state index in [2.05, 4.69) is 0 Å². The standard InChI is InChI=1S/C14H22N4O5S/c1-4-18(9-5-6-24(22,23)8-9)7-10(19)11-12(15)16(2)14(21)17(3)13(11)20/h9H,4-8,15H2,1-3H3/t9-/m0/s1. The smallest absolute Gasteiger partial charge is 0.332 e. The van der Waals surface area contributed by atoms with Gasteiger partial charge in [0.25, 0.3) is 5.56 Å². The molecule has 1 aromatic heterocycles. The first-order chi connectivity index (χ1) is 11.1. The third-order valence-corrected chi connectivity index (χ3v) is 6.22. The molecule has 9 nitrogen and oxygen atoms in total. The van der Waals surface area contributed by atoms with E-state index in [1.54, 1.807) is 4.90 Å². The highest BCUT2D eigenvalue weighted by molar-refractivity contribution is 7.91. The number of aromatic nitrogens is 2. The number of nitrogen functional groups attached to an aromatic ring is 1. The summed E-state index contributed by atoms with van der Waals surface area (Å²) in [6.07, 6.45) is 0.463. The van der Waals surface area contributed by atoms with E-state index in [9.17, 15) is 22.8 Å². The summed E-state index contributed by atoms with van der Waals surface area (Å²) in [6.45, 7) is 2.17. The highest BCUT2D eigenvalue weighted by atomic mass is 32.2. The van der Waals surface area contributed by atoms with Gasteiger partial charge in [-0.1, -0.05) is 6.92 Å². The largest absolute Gasteiger partial charge is 0.384 e. The van der Waals surface area contributed by atoms with Crippen molar-refractivity contribution in [2.45, 2.75) is 19.4 Å². The molecule has 1 aliphatic rings. The molecule has 1 atom stereocenters. The molecule has 2 heterocycles. The fourth-order valence-corrected chi connectivity index (χ4v) is 4.71. The van der Waals surface area contributed by atoms with Crippen molar-refractivity contribution in [2.75, 3.05) is 30.3 Å². The van der Waals surface area contributed by atoms with Gasteiger partial charge in [-0.05, 0) is 13.0 Å². The molecule has 0 radical (unpaired) electrons. The number of nitrogens with zero attached hydrogens (tertiary/aromatic N) is 3. The molecular formula is C14H22N4O5S. The topological polar surface area (TPSA) is 124 Å². The van der Waals surface area contributed by atoms with Gasteiger partial charge in [0.1, 0.15) is 11.4 Å². The molecule has 1 aromatic rings. The normalized spacial score (nSPS) is 19.8. The van der Waals surface area contributed by atoms with E-state index in [0.717, 1.165) is 9.13 Å². The number of carbonyl (C=O) groups excluding carboxylic acids is 1. The lowest BCUT2D eigenvalue weighted by Gasteiger charge is -2.25. The van der Waals surface area contributed by atoms with Crippen LogP contribution in [0.4, 0.5) is 5.82 Å². The number of carbonyl (C=O) groups is 1. The lowest BCUT2D eigenvalue weighted by atomic mass is 10.1. The van der Waals surface area contributed by atoms with Crippen LogP contribution >= 0.6 is 0 Å². The maximum Gasteiger partial charge on any atom is 0.332 e. The molecule has 0 saturated carbocycles. The van der Waals surface area contributed by atoms with Crippen molar-refractivity contribution in [3.63, 3.8) is 0 Å². The average molecular weight is 358 g/mol. The van der Waals surface area contributed by atoms with Gasteiger partial charge in [-0.3, -0.25) is 23.6 Å². The van der Waals surface area contributed by atoms with Gasteiger partial charge in [0, 0.05) is 20.1 Å². The molecule has 2 N–H and O–H groups in total. The Bertz CT molecular complexity index is 884. The summed E-state index contributed by atoms with van der Waals surface area (Å²) < 4.78 is 25.1. The molecule has 24 heavy (non-hydrogen) atoms. The fourth-order valence-electron chi connectivity index (χ4n) is 2.95. The second-order valence-corrected chi connectivity index (χ2v) is 8.24. The SMILES string of the molecule is CCN(CC(=O)c1c(N)n(C)c(=O)n(C)c1=O)[C@H]1CCS(=O)(=O)C1. The molecule has 2 rings (SSSR count). The number of sulfone groups is 1. The third kappa shape index (κ3) is 3.29. The summed E-state index contributed by atoms with van der Waals surface area (Å²) in [7, 11) is -0.412. The molecule has 134 valence electrons. The van der Waals surface area contributed by atoms with E-state index < -0.39 is 26.9 Å². The van der Waals surface area contributed by atoms with Gasteiger partial charge < -0.3 is 5.73 Å². The van der Waals surface area contributed by atoms with Crippen molar-refractivity contribution < 1.29 is 13.2 Å². The minimum Gasteiger partial charge on any atom is -0.384 e. The first-order valence-corrected chi connectivity index (χ1v) is 9.44. The van der Waals surface area contributed by atoms with Crippen LogP contribution in [0.1, 0.15) is 23.7 Å². The van der Waals surface area contributed by atoms with E-state index in [-0.39, 0.29) is 35.5 Å². The molecule has 10 heteroatoms. The van der Waals surface area contributed by atoms with Gasteiger partial charge in [-0.25, -0.2) is 13.2 Å². The Morgan fingerprint density at radius 3 is 2.42 bits per heavy atom. The molecule has 1 aliphatic heterocycles. The Kier molecular flexibility index (Phi) is 5.00. The third-order valence-electron chi connectivity index (χ3n) is 4.47. The second kappa shape index (κ2) is 6.52. The van der Waals surface area contributed by atoms with Gasteiger partial charge in [0.15, 0.2) is 15.6 Å². The van der Waals surface area contributed by atoms with Crippen LogP contribution in [-0.4, -0.2) is 58.9 Å². The molecule has 0 amide bonds. The zero-order valence-corrected chi connectivity index (χ0v) is 14.8. The maximum absolute atomic E-state index is 12.6. The van der Waals surface area contributed by atoms with Crippen molar-refractivity contribution >= 4 is 21.4 Å². The summed E-state index contributed by atoms with van der Waals surface area (Å²) in [4.78, 5) is 38.4. The van der Waals surface area contributed by atoms with Gasteiger partial charge in [0.2, 0.25) is 0 Å². The molecule has 0 bridgehead atoms. The van der Waals surface area contributed by atoms with Crippen molar-refractivity contribution in [1.29, 1.82) is 0 Å². The second-order valence-electron chi connectivity index (χ2n) is 6.01. The van der Waals surface area contributed by atoms with Gasteiger partial charge >= 0.3 is 5.69 Å². The summed E-state index contributed by atoms with van der Waals surface area (Å²) in [5.41, 5.74) is 4.20. The zero-order valence-electron chi connectivity index (χ0n) is 14.0. The number of Topliss-reactive ketones (excluding diaryl/α,β-unsaturated/α-hetero) is 1. The minimum absolute atomic E-state index is 0.00882. The van der Waals surface area contributed by atoms with E-state index >= 15 is 0 Å². The van der Waals surface area contributed by atoms with Gasteiger partial charge in [-0.2, -0.15) is 0 Å². The van der Waals surface area contributed by atoms with Crippen molar-refractivity contribution in [2.24, 2.45) is 14.1 Å². The van der Waals surface area contributed by atoms with E-state index in [1.165, 1.54) is 14.1 Å². The fraction of sp³-hybridized carbons (Fsp3) is 0.643. The molecule has 0 aliphatic carbocycles. The predicted octanol–water partition coefficient (Wildman–Crippen LogP) is -1.64. The first-order valence-electron chi connectivity index (χ1n) is 7.62. The van der Waals surface area contributed by atoms with E-state index in [1.807, 2.05) is 6.92 Å². The van der Waals surface area contributed by atoms with E-state index in [0.29, 0.717) is 13.0 Å². The molecular weight excluding hydrogens is 336 g/mol. The monoisotopic (exact) mass is 358 g/mol. The summed E-state index contributed by atoms with van der Waals surface area (Å²) in [6, 6.07) is -0.249. The van der Waals surface area contributed by atoms with Crippen LogP contribution in [0.3, 0.4) is 0 Å². The highest BCUT2D eigenvalue weighted by Gasteiger charge is 2.33. The number of hydrogen-bond donors (Lipinski definition) is 1. The highest BCUT2D eigenvalue weighted by Crippen LogP contribution is 2.18. The lowest BCUT2D eigenvalue weighted by Crippen LogP contribution is -2.45. The summed E-state index contributed by atoms with van der Waals surface area (Å²) >= 11 is 0. The molecule has 1 saturated heterocycles. The van der Waals surface area contributed by atoms with Crippen molar-refractivity contribution in [1.82, 2.24) is 14.0 Å². The van der Waals surface area contributed by atoms with Crippen LogP contribution in [-0.2, 0) is 23.9 Å². The Morgan fingerprint density at radius 1 is 1.29 bits per heavy atom. The zero-order chi connectivity index (χ0) is 18.2. The predicted molar refractivity (Wildman–Crippen MR) is 90.0 cm³/mol. The van der Waals surface area contributed by atoms with Crippen LogP contribution in [0.15, 0.2) is 9.59 Å². The average Bonchev–Trinajstić information content (AvgIpc) is 2.88.